The lowest BCUT2D eigenvalue weighted by atomic mass is 10.1. The third-order valence-corrected chi connectivity index (χ3v) is 4.75. The van der Waals surface area contributed by atoms with Gasteiger partial charge in [0.25, 0.3) is 0 Å². The van der Waals surface area contributed by atoms with Gasteiger partial charge in [-0.15, -0.1) is 0 Å². The van der Waals surface area contributed by atoms with Gasteiger partial charge in [-0.05, 0) is 46.5 Å². The molecule has 3 aromatic carbocycles. The van der Waals surface area contributed by atoms with E-state index < -0.39 is 0 Å². The van der Waals surface area contributed by atoms with Crippen molar-refractivity contribution in [3.05, 3.63) is 95.1 Å². The SMILES string of the molecule is COc1cccc(C=NNC(=O)Cc2ccc(CC(=O)NN=Cc3cccc(OC)c3)cc2)c1. The summed E-state index contributed by atoms with van der Waals surface area (Å²) in [4.78, 5) is 24.3. The zero-order chi connectivity index (χ0) is 24.2. The maximum atomic E-state index is 12.1. The van der Waals surface area contributed by atoms with Crippen LogP contribution in [0.4, 0.5) is 0 Å². The number of ether oxygens (including phenoxy) is 2. The van der Waals surface area contributed by atoms with Gasteiger partial charge in [-0.3, -0.25) is 9.59 Å². The first-order chi connectivity index (χ1) is 16.6. The molecule has 8 heteroatoms. The number of carbonyl (C=O) groups excluding carboxylic acids is 2. The van der Waals surface area contributed by atoms with Crippen LogP contribution >= 0.6 is 0 Å². The number of hydrogen-bond acceptors (Lipinski definition) is 6. The Bertz CT molecular complexity index is 1080. The van der Waals surface area contributed by atoms with E-state index in [1.807, 2.05) is 72.8 Å². The van der Waals surface area contributed by atoms with Crippen molar-refractivity contribution >= 4 is 24.2 Å². The van der Waals surface area contributed by atoms with Crippen LogP contribution < -0.4 is 20.3 Å². The van der Waals surface area contributed by atoms with Gasteiger partial charge >= 0.3 is 0 Å². The third kappa shape index (κ3) is 7.90. The normalized spacial score (nSPS) is 10.9. The van der Waals surface area contributed by atoms with E-state index in [-0.39, 0.29) is 24.7 Å². The molecule has 0 aromatic heterocycles. The first-order valence-corrected chi connectivity index (χ1v) is 10.6. The van der Waals surface area contributed by atoms with Gasteiger partial charge in [-0.1, -0.05) is 48.5 Å². The molecule has 0 bridgehead atoms. The average molecular weight is 459 g/mol. The minimum Gasteiger partial charge on any atom is -0.497 e. The third-order valence-electron chi connectivity index (χ3n) is 4.75. The van der Waals surface area contributed by atoms with Crippen molar-refractivity contribution in [1.82, 2.24) is 10.9 Å². The fraction of sp³-hybridized carbons (Fsp3) is 0.154. The van der Waals surface area contributed by atoms with Crippen LogP contribution in [-0.2, 0) is 22.4 Å². The summed E-state index contributed by atoms with van der Waals surface area (Å²) in [6, 6.07) is 21.9. The zero-order valence-electron chi connectivity index (χ0n) is 19.0. The molecule has 0 radical (unpaired) electrons. The number of carbonyl (C=O) groups is 2. The monoisotopic (exact) mass is 458 g/mol. The topological polar surface area (TPSA) is 101 Å². The largest absolute Gasteiger partial charge is 0.497 e. The molecule has 0 heterocycles. The van der Waals surface area contributed by atoms with E-state index in [9.17, 15) is 9.59 Å². The molecule has 0 aliphatic heterocycles. The Morgan fingerprint density at radius 2 is 1.12 bits per heavy atom. The lowest BCUT2D eigenvalue weighted by Gasteiger charge is -2.04. The number of nitrogens with zero attached hydrogens (tertiary/aromatic N) is 2. The molecule has 0 saturated heterocycles. The molecule has 0 spiro atoms. The number of hydrazone groups is 2. The molecule has 2 N–H and O–H groups in total. The van der Waals surface area contributed by atoms with Gasteiger partial charge in [0.05, 0.1) is 39.5 Å². The summed E-state index contributed by atoms with van der Waals surface area (Å²) in [5, 5.41) is 7.95. The van der Waals surface area contributed by atoms with Crippen molar-refractivity contribution in [3.8, 4) is 11.5 Å². The molecule has 8 nitrogen and oxygen atoms in total. The molecule has 174 valence electrons. The van der Waals surface area contributed by atoms with E-state index in [0.717, 1.165) is 22.3 Å². The van der Waals surface area contributed by atoms with E-state index in [2.05, 4.69) is 21.1 Å². The summed E-state index contributed by atoms with van der Waals surface area (Å²) in [5.41, 5.74) is 8.28. The molecule has 0 aliphatic carbocycles. The quantitative estimate of drug-likeness (QED) is 0.360. The number of methoxy groups -OCH3 is 2. The highest BCUT2D eigenvalue weighted by molar-refractivity contribution is 5.84. The minimum atomic E-state index is -0.239. The molecule has 0 atom stereocenters. The smallest absolute Gasteiger partial charge is 0.244 e. The standard InChI is InChI=1S/C26H26N4O4/c1-33-23-7-3-5-21(13-23)17-27-29-25(31)15-19-9-11-20(12-10-19)16-26(32)30-28-18-22-6-4-8-24(14-22)34-2/h3-14,17-18H,15-16H2,1-2H3,(H,29,31)(H,30,32). The molecule has 0 aliphatic rings. The van der Waals surface area contributed by atoms with Crippen LogP contribution in [0.15, 0.2) is 83.0 Å². The zero-order valence-corrected chi connectivity index (χ0v) is 19.0. The summed E-state index contributed by atoms with van der Waals surface area (Å²) in [6.45, 7) is 0. The van der Waals surface area contributed by atoms with Crippen molar-refractivity contribution in [1.29, 1.82) is 0 Å². The number of rotatable bonds is 10. The van der Waals surface area contributed by atoms with Gasteiger partial charge < -0.3 is 9.47 Å². The Morgan fingerprint density at radius 1 is 0.706 bits per heavy atom. The fourth-order valence-corrected chi connectivity index (χ4v) is 3.03. The van der Waals surface area contributed by atoms with Crippen LogP contribution in [0, 0.1) is 0 Å². The Balaban J connectivity index is 1.43. The van der Waals surface area contributed by atoms with Crippen molar-refractivity contribution in [2.45, 2.75) is 12.8 Å². The van der Waals surface area contributed by atoms with Crippen molar-refractivity contribution in [2.24, 2.45) is 10.2 Å². The maximum Gasteiger partial charge on any atom is 0.244 e. The molecular formula is C26H26N4O4. The lowest BCUT2D eigenvalue weighted by Crippen LogP contribution is -2.20. The molecule has 2 amide bonds. The van der Waals surface area contributed by atoms with E-state index >= 15 is 0 Å². The van der Waals surface area contributed by atoms with Crippen LogP contribution in [0.1, 0.15) is 22.3 Å². The predicted molar refractivity (Wildman–Crippen MR) is 131 cm³/mol. The number of benzene rings is 3. The second-order valence-corrected chi connectivity index (χ2v) is 7.31. The van der Waals surface area contributed by atoms with Crippen LogP contribution in [0.3, 0.4) is 0 Å². The summed E-state index contributed by atoms with van der Waals surface area (Å²) in [5.74, 6) is 0.952. The van der Waals surface area contributed by atoms with E-state index in [4.69, 9.17) is 9.47 Å². The molecule has 0 fully saturated rings. The second kappa shape index (κ2) is 12.5. The van der Waals surface area contributed by atoms with Crippen LogP contribution in [0.5, 0.6) is 11.5 Å². The first-order valence-electron chi connectivity index (χ1n) is 10.6. The highest BCUT2D eigenvalue weighted by Crippen LogP contribution is 2.11. The first kappa shape index (κ1) is 24.2. The van der Waals surface area contributed by atoms with Crippen molar-refractivity contribution in [2.75, 3.05) is 14.2 Å². The Morgan fingerprint density at radius 3 is 1.50 bits per heavy atom. The van der Waals surface area contributed by atoms with E-state index in [1.165, 1.54) is 0 Å². The Labute approximate surface area is 198 Å². The van der Waals surface area contributed by atoms with Crippen molar-refractivity contribution in [3.63, 3.8) is 0 Å². The molecule has 3 rings (SSSR count). The molecule has 0 saturated carbocycles. The summed E-state index contributed by atoms with van der Waals surface area (Å²) >= 11 is 0. The lowest BCUT2D eigenvalue weighted by molar-refractivity contribution is -0.121. The van der Waals surface area contributed by atoms with Gasteiger partial charge in [-0.25, -0.2) is 10.9 Å². The van der Waals surface area contributed by atoms with Gasteiger partial charge in [0.1, 0.15) is 11.5 Å². The van der Waals surface area contributed by atoms with Gasteiger partial charge in [-0.2, -0.15) is 10.2 Å². The van der Waals surface area contributed by atoms with Crippen molar-refractivity contribution < 1.29 is 19.1 Å². The number of hydrogen-bond donors (Lipinski definition) is 2. The predicted octanol–water partition coefficient (Wildman–Crippen LogP) is 3.09. The highest BCUT2D eigenvalue weighted by atomic mass is 16.5. The maximum absolute atomic E-state index is 12.1. The highest BCUT2D eigenvalue weighted by Gasteiger charge is 2.05. The van der Waals surface area contributed by atoms with Crippen LogP contribution in [0.2, 0.25) is 0 Å². The second-order valence-electron chi connectivity index (χ2n) is 7.31. The summed E-state index contributed by atoms with van der Waals surface area (Å²) in [6.07, 6.45) is 3.46. The molecule has 34 heavy (non-hydrogen) atoms. The van der Waals surface area contributed by atoms with Gasteiger partial charge in [0, 0.05) is 0 Å². The van der Waals surface area contributed by atoms with E-state index in [0.29, 0.717) is 11.5 Å². The van der Waals surface area contributed by atoms with Crippen LogP contribution in [0.25, 0.3) is 0 Å². The van der Waals surface area contributed by atoms with E-state index in [1.54, 1.807) is 26.6 Å². The Hall–Kier alpha value is -4.46. The minimum absolute atomic E-state index is 0.173. The average Bonchev–Trinajstić information content (AvgIpc) is 2.85. The molecule has 3 aromatic rings. The number of amides is 2. The summed E-state index contributed by atoms with van der Waals surface area (Å²) < 4.78 is 10.3. The fourth-order valence-electron chi connectivity index (χ4n) is 3.03. The van der Waals surface area contributed by atoms with Gasteiger partial charge in [0.2, 0.25) is 11.8 Å². The number of nitrogens with one attached hydrogen (secondary N) is 2. The van der Waals surface area contributed by atoms with Crippen LogP contribution in [-0.4, -0.2) is 38.5 Å². The Kier molecular flexibility index (Phi) is 8.92. The molecular weight excluding hydrogens is 432 g/mol. The molecule has 0 unspecified atom stereocenters. The summed E-state index contributed by atoms with van der Waals surface area (Å²) in [7, 11) is 3.18. The van der Waals surface area contributed by atoms with Gasteiger partial charge in [0.15, 0.2) is 0 Å².